The zero-order valence-electron chi connectivity index (χ0n) is 16.7. The van der Waals surface area contributed by atoms with Gasteiger partial charge in [-0.15, -0.1) is 0 Å². The van der Waals surface area contributed by atoms with E-state index in [-0.39, 0.29) is 17.2 Å². The van der Waals surface area contributed by atoms with Crippen molar-refractivity contribution in [2.24, 2.45) is 0 Å². The second-order valence-electron chi connectivity index (χ2n) is 6.74. The van der Waals surface area contributed by atoms with Crippen LogP contribution in [0.25, 0.3) is 10.8 Å². The third-order valence-electron chi connectivity index (χ3n) is 4.70. The maximum absolute atomic E-state index is 13.0. The lowest BCUT2D eigenvalue weighted by Gasteiger charge is -2.11. The molecule has 0 aliphatic rings. The predicted molar refractivity (Wildman–Crippen MR) is 118 cm³/mol. The van der Waals surface area contributed by atoms with Gasteiger partial charge in [-0.25, -0.2) is 4.68 Å². The molecule has 0 aliphatic heterocycles. The monoisotopic (exact) mass is 413 g/mol. The lowest BCUT2D eigenvalue weighted by Crippen LogP contribution is -2.27. The highest BCUT2D eigenvalue weighted by Crippen LogP contribution is 2.17. The summed E-state index contributed by atoms with van der Waals surface area (Å²) in [6.07, 6.45) is 3.17. The number of carbonyl (C=O) groups excluding carboxylic acids is 2. The normalized spacial score (nSPS) is 10.6. The number of amides is 2. The van der Waals surface area contributed by atoms with E-state index in [4.69, 9.17) is 0 Å². The highest BCUT2D eigenvalue weighted by Gasteiger charge is 2.17. The minimum Gasteiger partial charge on any atom is -0.322 e. The number of hydrogen-bond donors (Lipinski definition) is 2. The number of nitrogens with zero attached hydrogens (tertiary/aromatic N) is 3. The number of pyridine rings is 1. The topological polar surface area (TPSA) is 106 Å². The minimum atomic E-state index is -0.468. The fourth-order valence-electron chi connectivity index (χ4n) is 3.18. The van der Waals surface area contributed by atoms with Gasteiger partial charge in [0.2, 0.25) is 0 Å². The number of hydrogen-bond acceptors (Lipinski definition) is 5. The van der Waals surface area contributed by atoms with Crippen molar-refractivity contribution >= 4 is 34.0 Å². The first-order valence-corrected chi connectivity index (χ1v) is 9.69. The number of fused-ring (bicyclic) bond motifs is 1. The molecule has 0 bridgehead atoms. The first-order chi connectivity index (χ1) is 15.1. The molecule has 0 saturated heterocycles. The molecule has 8 nitrogen and oxygen atoms in total. The Kier molecular flexibility index (Phi) is 5.53. The highest BCUT2D eigenvalue weighted by atomic mass is 16.2. The van der Waals surface area contributed by atoms with Crippen molar-refractivity contribution in [2.45, 2.75) is 13.5 Å². The van der Waals surface area contributed by atoms with Crippen LogP contribution in [-0.4, -0.2) is 26.6 Å². The molecule has 2 aromatic carbocycles. The molecule has 4 aromatic rings. The number of rotatable bonds is 5. The first kappa shape index (κ1) is 20.0. The van der Waals surface area contributed by atoms with Gasteiger partial charge in [-0.2, -0.15) is 5.10 Å². The first-order valence-electron chi connectivity index (χ1n) is 9.69. The molecule has 2 heterocycles. The lowest BCUT2D eigenvalue weighted by atomic mass is 10.1. The quantitative estimate of drug-likeness (QED) is 0.522. The van der Waals surface area contributed by atoms with Gasteiger partial charge in [0.05, 0.1) is 5.39 Å². The summed E-state index contributed by atoms with van der Waals surface area (Å²) in [5.74, 6) is -0.782. The molecule has 0 fully saturated rings. The van der Waals surface area contributed by atoms with Crippen molar-refractivity contribution in [2.75, 3.05) is 10.6 Å². The molecule has 2 N–H and O–H groups in total. The largest absolute Gasteiger partial charge is 0.322 e. The fraction of sp³-hybridized carbons (Fsp3) is 0.0870. The van der Waals surface area contributed by atoms with Gasteiger partial charge in [-0.1, -0.05) is 24.3 Å². The Bertz CT molecular complexity index is 1330. The molecule has 0 saturated carbocycles. The van der Waals surface area contributed by atoms with E-state index in [1.165, 1.54) is 4.68 Å². The van der Waals surface area contributed by atoms with Crippen LogP contribution in [0.5, 0.6) is 0 Å². The van der Waals surface area contributed by atoms with E-state index in [2.05, 4.69) is 20.7 Å². The Morgan fingerprint density at radius 1 is 0.871 bits per heavy atom. The van der Waals surface area contributed by atoms with Crippen LogP contribution >= 0.6 is 0 Å². The van der Waals surface area contributed by atoms with Gasteiger partial charge >= 0.3 is 0 Å². The van der Waals surface area contributed by atoms with Gasteiger partial charge in [0.1, 0.15) is 0 Å². The second-order valence-corrected chi connectivity index (χ2v) is 6.74. The van der Waals surface area contributed by atoms with E-state index in [1.54, 1.807) is 80.0 Å². The van der Waals surface area contributed by atoms with Crippen LogP contribution in [0.3, 0.4) is 0 Å². The van der Waals surface area contributed by atoms with Gasteiger partial charge in [0, 0.05) is 41.3 Å². The van der Waals surface area contributed by atoms with E-state index < -0.39 is 5.91 Å². The Morgan fingerprint density at radius 3 is 2.32 bits per heavy atom. The Morgan fingerprint density at radius 2 is 1.58 bits per heavy atom. The molecule has 31 heavy (non-hydrogen) atoms. The number of benzene rings is 2. The van der Waals surface area contributed by atoms with Gasteiger partial charge < -0.3 is 10.6 Å². The maximum atomic E-state index is 13.0. The molecular weight excluding hydrogens is 394 g/mol. The number of nitrogens with one attached hydrogen (secondary N) is 2. The number of carbonyl (C=O) groups is 2. The van der Waals surface area contributed by atoms with Crippen molar-refractivity contribution in [3.63, 3.8) is 0 Å². The lowest BCUT2D eigenvalue weighted by molar-refractivity contribution is 0.101. The van der Waals surface area contributed by atoms with Crippen LogP contribution < -0.4 is 16.2 Å². The summed E-state index contributed by atoms with van der Waals surface area (Å²) in [4.78, 5) is 41.9. The molecule has 0 radical (unpaired) electrons. The molecule has 0 aliphatic carbocycles. The Hall–Kier alpha value is -4.33. The fourth-order valence-corrected chi connectivity index (χ4v) is 3.18. The SMILES string of the molecule is CCn1nc(C(=O)Nc2cccc(C(=O)Nc3ccncc3)c2)c2ccccc2c1=O. The molecule has 2 amide bonds. The van der Waals surface area contributed by atoms with Crippen molar-refractivity contribution < 1.29 is 9.59 Å². The van der Waals surface area contributed by atoms with Gasteiger partial charge in [-0.05, 0) is 43.3 Å². The molecular formula is C23H19N5O3. The number of aryl methyl sites for hydroxylation is 1. The summed E-state index contributed by atoms with van der Waals surface area (Å²) in [7, 11) is 0. The zero-order chi connectivity index (χ0) is 21.8. The summed E-state index contributed by atoms with van der Waals surface area (Å²) in [6, 6.07) is 16.8. The van der Waals surface area contributed by atoms with Gasteiger partial charge in [-0.3, -0.25) is 19.4 Å². The molecule has 2 aromatic heterocycles. The molecule has 4 rings (SSSR count). The molecule has 0 atom stereocenters. The highest BCUT2D eigenvalue weighted by molar-refractivity contribution is 6.11. The van der Waals surface area contributed by atoms with Crippen molar-refractivity contribution in [3.05, 3.63) is 94.7 Å². The third kappa shape index (κ3) is 4.18. The average Bonchev–Trinajstić information content (AvgIpc) is 2.80. The zero-order valence-corrected chi connectivity index (χ0v) is 16.7. The molecule has 154 valence electrons. The van der Waals surface area contributed by atoms with Crippen LogP contribution in [0.4, 0.5) is 11.4 Å². The van der Waals surface area contributed by atoms with E-state index in [0.717, 1.165) is 0 Å². The third-order valence-corrected chi connectivity index (χ3v) is 4.70. The summed E-state index contributed by atoms with van der Waals surface area (Å²) in [6.45, 7) is 2.13. The maximum Gasteiger partial charge on any atom is 0.276 e. The smallest absolute Gasteiger partial charge is 0.276 e. The average molecular weight is 413 g/mol. The molecule has 0 spiro atoms. The summed E-state index contributed by atoms with van der Waals surface area (Å²) in [5.41, 5.74) is 1.33. The van der Waals surface area contributed by atoms with E-state index in [1.807, 2.05) is 0 Å². The molecule has 0 unspecified atom stereocenters. The van der Waals surface area contributed by atoms with Crippen LogP contribution in [0.15, 0.2) is 77.9 Å². The van der Waals surface area contributed by atoms with Gasteiger partial charge in [0.25, 0.3) is 17.4 Å². The van der Waals surface area contributed by atoms with Crippen molar-refractivity contribution in [1.82, 2.24) is 14.8 Å². The van der Waals surface area contributed by atoms with Crippen LogP contribution in [0.2, 0.25) is 0 Å². The second kappa shape index (κ2) is 8.58. The van der Waals surface area contributed by atoms with Crippen molar-refractivity contribution in [1.29, 1.82) is 0 Å². The summed E-state index contributed by atoms with van der Waals surface area (Å²) >= 11 is 0. The Balaban J connectivity index is 1.61. The predicted octanol–water partition coefficient (Wildman–Crippen LogP) is 3.32. The number of anilines is 2. The van der Waals surface area contributed by atoms with Crippen molar-refractivity contribution in [3.8, 4) is 0 Å². The van der Waals surface area contributed by atoms with Crippen LogP contribution in [-0.2, 0) is 6.54 Å². The van der Waals surface area contributed by atoms with Gasteiger partial charge in [0.15, 0.2) is 5.69 Å². The van der Waals surface area contributed by atoms with E-state index in [0.29, 0.717) is 34.3 Å². The summed E-state index contributed by atoms with van der Waals surface area (Å²) in [5, 5.41) is 10.7. The molecule has 8 heteroatoms. The van der Waals surface area contributed by atoms with Crippen LogP contribution in [0, 0.1) is 0 Å². The number of aromatic nitrogens is 3. The van der Waals surface area contributed by atoms with Crippen LogP contribution in [0.1, 0.15) is 27.8 Å². The Labute approximate surface area is 177 Å². The standard InChI is InChI=1S/C23H19N5O3/c1-2-28-23(31)19-9-4-3-8-18(19)20(27-28)22(30)26-17-7-5-6-15(14-17)21(29)25-16-10-12-24-13-11-16/h3-14H,2H2,1H3,(H,26,30)(H,24,25,29). The van der Waals surface area contributed by atoms with E-state index >= 15 is 0 Å². The summed E-state index contributed by atoms with van der Waals surface area (Å²) < 4.78 is 1.26. The van der Waals surface area contributed by atoms with E-state index in [9.17, 15) is 14.4 Å². The minimum absolute atomic E-state index is 0.142.